The lowest BCUT2D eigenvalue weighted by atomic mass is 9.94. The van der Waals surface area contributed by atoms with Crippen LogP contribution in [0.15, 0.2) is 34.5 Å². The molecule has 166 valence electrons. The molecule has 2 unspecified atom stereocenters. The predicted molar refractivity (Wildman–Crippen MR) is 117 cm³/mol. The smallest absolute Gasteiger partial charge is 0.338 e. The Bertz CT molecular complexity index is 984. The molecule has 1 fully saturated rings. The number of esters is 2. The molecule has 0 radical (unpaired) electrons. The fourth-order valence-electron chi connectivity index (χ4n) is 3.39. The number of aliphatic imine (C=N–C) groups is 1. The van der Waals surface area contributed by atoms with Gasteiger partial charge in [0.05, 0.1) is 36.3 Å². The van der Waals surface area contributed by atoms with Crippen molar-refractivity contribution in [2.75, 3.05) is 13.7 Å². The van der Waals surface area contributed by atoms with Crippen LogP contribution in [-0.4, -0.2) is 46.9 Å². The topological polar surface area (TPSA) is 94.5 Å². The molecule has 31 heavy (non-hydrogen) atoms. The van der Waals surface area contributed by atoms with Crippen molar-refractivity contribution in [1.29, 1.82) is 0 Å². The molecule has 0 aromatic heterocycles. The Labute approximate surface area is 185 Å². The van der Waals surface area contributed by atoms with Crippen molar-refractivity contribution in [3.05, 3.63) is 35.0 Å². The lowest BCUT2D eigenvalue weighted by Gasteiger charge is -2.33. The minimum Gasteiger partial charge on any atom is -0.493 e. The van der Waals surface area contributed by atoms with E-state index in [1.165, 1.54) is 30.7 Å². The molecule has 0 aliphatic carbocycles. The highest BCUT2D eigenvalue weighted by Crippen LogP contribution is 2.44. The fourth-order valence-corrected chi connectivity index (χ4v) is 4.42. The summed E-state index contributed by atoms with van der Waals surface area (Å²) in [6, 6.07) is 4.23. The molecule has 0 bridgehead atoms. The Morgan fingerprint density at radius 3 is 2.58 bits per heavy atom. The average Bonchev–Trinajstić information content (AvgIpc) is 2.98. The van der Waals surface area contributed by atoms with Crippen molar-refractivity contribution in [3.63, 3.8) is 0 Å². The minimum atomic E-state index is -0.725. The number of benzene rings is 1. The monoisotopic (exact) mass is 446 g/mol. The summed E-state index contributed by atoms with van der Waals surface area (Å²) >= 11 is 1.35. The second-order valence-electron chi connectivity index (χ2n) is 7.76. The van der Waals surface area contributed by atoms with Gasteiger partial charge in [0.25, 0.3) is 0 Å². The SMILES string of the molecule is COc1cc(C2C(C(=O)OCC(C)C)=C(C)N=C3SC(C)C(=O)N32)ccc1OC(C)=O. The van der Waals surface area contributed by atoms with Crippen molar-refractivity contribution in [3.8, 4) is 11.5 Å². The summed E-state index contributed by atoms with van der Waals surface area (Å²) in [6.07, 6.45) is 0. The molecule has 8 nitrogen and oxygen atoms in total. The molecule has 0 spiro atoms. The van der Waals surface area contributed by atoms with Crippen molar-refractivity contribution in [1.82, 2.24) is 4.90 Å². The summed E-state index contributed by atoms with van der Waals surface area (Å²) in [5.74, 6) is -0.400. The molecule has 1 aromatic rings. The number of nitrogens with zero attached hydrogens (tertiary/aromatic N) is 2. The summed E-state index contributed by atoms with van der Waals surface area (Å²) in [5, 5.41) is 0.228. The maximum atomic E-state index is 13.0. The number of hydrogen-bond acceptors (Lipinski definition) is 8. The lowest BCUT2D eigenvalue weighted by molar-refractivity contribution is -0.141. The second-order valence-corrected chi connectivity index (χ2v) is 9.07. The zero-order valence-corrected chi connectivity index (χ0v) is 19.2. The zero-order valence-electron chi connectivity index (χ0n) is 18.4. The van der Waals surface area contributed by atoms with Gasteiger partial charge in [0, 0.05) is 6.92 Å². The lowest BCUT2D eigenvalue weighted by Crippen LogP contribution is -2.40. The van der Waals surface area contributed by atoms with E-state index in [4.69, 9.17) is 14.2 Å². The number of hydrogen-bond donors (Lipinski definition) is 0. The van der Waals surface area contributed by atoms with Gasteiger partial charge >= 0.3 is 11.9 Å². The van der Waals surface area contributed by atoms with E-state index in [-0.39, 0.29) is 29.4 Å². The average molecular weight is 447 g/mol. The Balaban J connectivity index is 2.10. The third kappa shape index (κ3) is 4.61. The van der Waals surface area contributed by atoms with E-state index < -0.39 is 18.0 Å². The Morgan fingerprint density at radius 2 is 1.97 bits per heavy atom. The number of allylic oxidation sites excluding steroid dienone is 1. The second kappa shape index (κ2) is 9.13. The van der Waals surface area contributed by atoms with Crippen LogP contribution in [-0.2, 0) is 19.1 Å². The van der Waals surface area contributed by atoms with Crippen molar-refractivity contribution in [2.45, 2.75) is 45.9 Å². The third-order valence-electron chi connectivity index (χ3n) is 4.78. The number of thioether (sulfide) groups is 1. The maximum Gasteiger partial charge on any atom is 0.338 e. The molecular weight excluding hydrogens is 420 g/mol. The molecule has 1 aromatic carbocycles. The molecule has 2 atom stereocenters. The number of amides is 1. The highest BCUT2D eigenvalue weighted by atomic mass is 32.2. The van der Waals surface area contributed by atoms with Crippen LogP contribution in [0.3, 0.4) is 0 Å². The van der Waals surface area contributed by atoms with Crippen LogP contribution in [0.1, 0.15) is 46.2 Å². The first-order chi connectivity index (χ1) is 14.6. The van der Waals surface area contributed by atoms with Crippen LogP contribution in [0.4, 0.5) is 0 Å². The number of amidine groups is 1. The van der Waals surface area contributed by atoms with E-state index in [9.17, 15) is 14.4 Å². The van der Waals surface area contributed by atoms with Crippen LogP contribution < -0.4 is 9.47 Å². The van der Waals surface area contributed by atoms with Gasteiger partial charge in [0.2, 0.25) is 5.91 Å². The van der Waals surface area contributed by atoms with Gasteiger partial charge in [-0.25, -0.2) is 9.79 Å². The standard InChI is InChI=1S/C22H26N2O6S/c1-11(2)10-29-21(27)18-12(3)23-22-24(20(26)13(4)31-22)19(18)15-7-8-16(30-14(5)25)17(9-15)28-6/h7-9,11,13,19H,10H2,1-6H3. The molecule has 0 N–H and O–H groups in total. The van der Waals surface area contributed by atoms with E-state index >= 15 is 0 Å². The van der Waals surface area contributed by atoms with E-state index in [2.05, 4.69) is 4.99 Å². The van der Waals surface area contributed by atoms with Gasteiger partial charge in [-0.15, -0.1) is 0 Å². The Hall–Kier alpha value is -2.81. The van der Waals surface area contributed by atoms with Crippen LogP contribution in [0.2, 0.25) is 0 Å². The van der Waals surface area contributed by atoms with Crippen LogP contribution in [0.5, 0.6) is 11.5 Å². The first-order valence-electron chi connectivity index (χ1n) is 9.96. The van der Waals surface area contributed by atoms with Gasteiger partial charge in [-0.3, -0.25) is 14.5 Å². The third-order valence-corrected chi connectivity index (χ3v) is 5.84. The molecular formula is C22H26N2O6S. The van der Waals surface area contributed by atoms with Gasteiger partial charge in [0.1, 0.15) is 0 Å². The summed E-state index contributed by atoms with van der Waals surface area (Å²) in [4.78, 5) is 43.5. The predicted octanol–water partition coefficient (Wildman–Crippen LogP) is 3.47. The largest absolute Gasteiger partial charge is 0.493 e. The molecule has 2 aliphatic rings. The van der Waals surface area contributed by atoms with Crippen molar-refractivity contribution < 1.29 is 28.6 Å². The van der Waals surface area contributed by atoms with Crippen molar-refractivity contribution >= 4 is 34.8 Å². The van der Waals surface area contributed by atoms with E-state index in [0.29, 0.717) is 27.8 Å². The van der Waals surface area contributed by atoms with Crippen molar-refractivity contribution in [2.24, 2.45) is 10.9 Å². The number of rotatable bonds is 6. The number of carbonyl (C=O) groups excluding carboxylic acids is 3. The minimum absolute atomic E-state index is 0.140. The molecule has 0 saturated carbocycles. The van der Waals surface area contributed by atoms with Gasteiger partial charge in [-0.05, 0) is 37.5 Å². The molecule has 2 heterocycles. The first kappa shape index (κ1) is 22.9. The summed E-state index contributed by atoms with van der Waals surface area (Å²) < 4.78 is 16.1. The number of carbonyl (C=O) groups is 3. The van der Waals surface area contributed by atoms with Crippen LogP contribution in [0.25, 0.3) is 0 Å². The quantitative estimate of drug-likeness (QED) is 0.488. The summed E-state index contributed by atoms with van der Waals surface area (Å²) in [6.45, 7) is 9.00. The number of methoxy groups -OCH3 is 1. The highest BCUT2D eigenvalue weighted by molar-refractivity contribution is 8.15. The van der Waals surface area contributed by atoms with Gasteiger partial charge in [-0.1, -0.05) is 31.7 Å². The van der Waals surface area contributed by atoms with Crippen LogP contribution >= 0.6 is 11.8 Å². The summed E-state index contributed by atoms with van der Waals surface area (Å²) in [5.41, 5.74) is 1.43. The van der Waals surface area contributed by atoms with E-state index in [0.717, 1.165) is 0 Å². The molecule has 1 amide bonds. The number of ether oxygens (including phenoxy) is 3. The van der Waals surface area contributed by atoms with Gasteiger partial charge in [-0.2, -0.15) is 0 Å². The highest BCUT2D eigenvalue weighted by Gasteiger charge is 2.46. The Morgan fingerprint density at radius 1 is 1.26 bits per heavy atom. The molecule has 1 saturated heterocycles. The van der Waals surface area contributed by atoms with Gasteiger partial charge < -0.3 is 14.2 Å². The van der Waals surface area contributed by atoms with E-state index in [1.54, 1.807) is 32.0 Å². The molecule has 3 rings (SSSR count). The van der Waals surface area contributed by atoms with E-state index in [1.807, 2.05) is 13.8 Å². The van der Waals surface area contributed by atoms with Gasteiger partial charge in [0.15, 0.2) is 16.7 Å². The fraction of sp³-hybridized carbons (Fsp3) is 0.455. The number of fused-ring (bicyclic) bond motifs is 1. The molecule has 2 aliphatic heterocycles. The Kier molecular flexibility index (Phi) is 6.74. The summed E-state index contributed by atoms with van der Waals surface area (Å²) in [7, 11) is 1.46. The maximum absolute atomic E-state index is 13.0. The zero-order chi connectivity index (χ0) is 22.9. The first-order valence-corrected chi connectivity index (χ1v) is 10.8. The normalized spacial score (nSPS) is 20.5. The molecule has 9 heteroatoms. The van der Waals surface area contributed by atoms with Crippen LogP contribution in [0, 0.1) is 5.92 Å².